The normalized spacial score (nSPS) is 18.1. The number of nitrogens with one attached hydrogen (secondary N) is 2. The summed E-state index contributed by atoms with van der Waals surface area (Å²) >= 11 is 0. The van der Waals surface area contributed by atoms with Gasteiger partial charge in [0.2, 0.25) is 0 Å². The Kier molecular flexibility index (Phi) is 8.88. The Hall–Kier alpha value is -4.08. The molecule has 0 bridgehead atoms. The van der Waals surface area contributed by atoms with Crippen LogP contribution < -0.4 is 20.5 Å². The van der Waals surface area contributed by atoms with E-state index in [9.17, 15) is 18.0 Å². The molecule has 0 aliphatic carbocycles. The van der Waals surface area contributed by atoms with Crippen molar-refractivity contribution < 1.29 is 22.7 Å². The van der Waals surface area contributed by atoms with Crippen LogP contribution in [0.5, 0.6) is 5.75 Å². The van der Waals surface area contributed by atoms with E-state index in [-0.39, 0.29) is 17.6 Å². The van der Waals surface area contributed by atoms with E-state index in [1.54, 1.807) is 11.2 Å². The minimum Gasteiger partial charge on any atom is -0.406 e. The first-order valence-electron chi connectivity index (χ1n) is 11.4. The van der Waals surface area contributed by atoms with Crippen molar-refractivity contribution in [3.63, 3.8) is 0 Å². The molecule has 7 nitrogen and oxygen atoms in total. The number of ether oxygens (including phenoxy) is 1. The topological polar surface area (TPSA) is 78.3 Å². The smallest absolute Gasteiger partial charge is 0.406 e. The van der Waals surface area contributed by atoms with E-state index in [1.807, 2.05) is 49.4 Å². The number of para-hydroxylation sites is 1. The Morgan fingerprint density at radius 3 is 2.61 bits per heavy atom. The molecule has 190 valence electrons. The predicted octanol–water partition coefficient (Wildman–Crippen LogP) is 6.44. The molecule has 2 aromatic rings. The maximum Gasteiger partial charge on any atom is 0.573 e. The second kappa shape index (κ2) is 12.1. The molecule has 2 aromatic carbocycles. The van der Waals surface area contributed by atoms with Crippen LogP contribution in [0.2, 0.25) is 0 Å². The van der Waals surface area contributed by atoms with Gasteiger partial charge < -0.3 is 10.1 Å². The van der Waals surface area contributed by atoms with Crippen LogP contribution in [0.15, 0.2) is 82.5 Å². The third-order valence-electron chi connectivity index (χ3n) is 5.06. The zero-order valence-corrected chi connectivity index (χ0v) is 20.2. The molecule has 0 saturated carbocycles. The summed E-state index contributed by atoms with van der Waals surface area (Å²) in [6.07, 6.45) is 4.09. The van der Waals surface area contributed by atoms with Crippen molar-refractivity contribution in [2.45, 2.75) is 33.1 Å². The highest BCUT2D eigenvalue weighted by molar-refractivity contribution is 5.91. The molecule has 1 heterocycles. The van der Waals surface area contributed by atoms with Gasteiger partial charge >= 0.3 is 12.4 Å². The summed E-state index contributed by atoms with van der Waals surface area (Å²) < 4.78 is 41.1. The highest BCUT2D eigenvalue weighted by Crippen LogP contribution is 2.26. The maximum atomic E-state index is 12.4. The van der Waals surface area contributed by atoms with Gasteiger partial charge in [0.05, 0.1) is 18.4 Å². The molecule has 0 radical (unpaired) electrons. The number of hydrogen-bond donors (Lipinski definition) is 2. The van der Waals surface area contributed by atoms with E-state index < -0.39 is 12.4 Å². The molecule has 1 atom stereocenters. The second-order valence-corrected chi connectivity index (χ2v) is 8.38. The predicted molar refractivity (Wildman–Crippen MR) is 137 cm³/mol. The molecular weight excluding hydrogens is 471 g/mol. The quantitative estimate of drug-likeness (QED) is 0.355. The summed E-state index contributed by atoms with van der Waals surface area (Å²) in [7, 11) is 0. The van der Waals surface area contributed by atoms with Gasteiger partial charge in [0.1, 0.15) is 5.75 Å². The van der Waals surface area contributed by atoms with Crippen LogP contribution in [-0.4, -0.2) is 31.4 Å². The highest BCUT2D eigenvalue weighted by atomic mass is 19.4. The number of nitrogens with zero attached hydrogens (tertiary/aromatic N) is 3. The number of hydrogen-bond acceptors (Lipinski definition) is 5. The minimum absolute atomic E-state index is 0.0729. The van der Waals surface area contributed by atoms with Gasteiger partial charge in [-0.15, -0.1) is 13.2 Å². The van der Waals surface area contributed by atoms with E-state index in [0.717, 1.165) is 16.8 Å². The fourth-order valence-electron chi connectivity index (χ4n) is 3.43. The molecule has 2 amide bonds. The summed E-state index contributed by atoms with van der Waals surface area (Å²) in [5.41, 5.74) is 5.59. The van der Waals surface area contributed by atoms with Crippen molar-refractivity contribution >= 4 is 29.8 Å². The number of rotatable bonds is 6. The average Bonchev–Trinajstić information content (AvgIpc) is 2.89. The van der Waals surface area contributed by atoms with Crippen LogP contribution in [0.1, 0.15) is 32.3 Å². The molecule has 1 aliphatic rings. The van der Waals surface area contributed by atoms with Gasteiger partial charge in [0.25, 0.3) is 0 Å². The lowest BCUT2D eigenvalue weighted by Gasteiger charge is -2.18. The number of anilines is 2. The van der Waals surface area contributed by atoms with Crippen molar-refractivity contribution in [1.82, 2.24) is 5.43 Å². The van der Waals surface area contributed by atoms with Crippen molar-refractivity contribution in [3.05, 3.63) is 77.9 Å². The molecular formula is C26H28F3N5O2. The summed E-state index contributed by atoms with van der Waals surface area (Å²) in [5.74, 6) is -0.114. The molecule has 0 saturated heterocycles. The molecule has 1 aliphatic heterocycles. The summed E-state index contributed by atoms with van der Waals surface area (Å²) in [5, 5.41) is 12.9. The molecule has 0 aromatic heterocycles. The molecule has 3 rings (SSSR count). The number of allylic oxidation sites excluding steroid dienone is 3. The zero-order valence-electron chi connectivity index (χ0n) is 20.2. The summed E-state index contributed by atoms with van der Waals surface area (Å²) in [6, 6.07) is 12.6. The number of alkyl halides is 3. The van der Waals surface area contributed by atoms with Gasteiger partial charge in [-0.05, 0) is 47.4 Å². The van der Waals surface area contributed by atoms with Gasteiger partial charge in [0.15, 0.2) is 0 Å². The number of halogens is 3. The number of benzene rings is 2. The van der Waals surface area contributed by atoms with Crippen LogP contribution >= 0.6 is 0 Å². The largest absolute Gasteiger partial charge is 0.573 e. The highest BCUT2D eigenvalue weighted by Gasteiger charge is 2.31. The van der Waals surface area contributed by atoms with Gasteiger partial charge in [-0.1, -0.05) is 57.2 Å². The summed E-state index contributed by atoms with van der Waals surface area (Å²) in [6.45, 7) is 6.40. The van der Waals surface area contributed by atoms with E-state index in [1.165, 1.54) is 30.5 Å². The molecule has 36 heavy (non-hydrogen) atoms. The van der Waals surface area contributed by atoms with Gasteiger partial charge in [-0.3, -0.25) is 5.01 Å². The Labute approximate surface area is 208 Å². The first kappa shape index (κ1) is 26.5. The molecule has 10 heteroatoms. The van der Waals surface area contributed by atoms with Gasteiger partial charge in [0, 0.05) is 17.8 Å². The van der Waals surface area contributed by atoms with E-state index in [4.69, 9.17) is 0 Å². The fourth-order valence-corrected chi connectivity index (χ4v) is 3.43. The van der Waals surface area contributed by atoms with Crippen LogP contribution in [0.3, 0.4) is 0 Å². The number of hydrazone groups is 2. The third-order valence-corrected chi connectivity index (χ3v) is 5.06. The maximum absolute atomic E-state index is 12.4. The van der Waals surface area contributed by atoms with Crippen LogP contribution in [0, 0.1) is 5.92 Å². The number of amides is 2. The lowest BCUT2D eigenvalue weighted by molar-refractivity contribution is -0.274. The first-order valence-corrected chi connectivity index (χ1v) is 11.4. The number of urea groups is 1. The van der Waals surface area contributed by atoms with Crippen molar-refractivity contribution in [2.75, 3.05) is 16.9 Å². The molecule has 0 fully saturated rings. The van der Waals surface area contributed by atoms with Crippen LogP contribution in [-0.2, 0) is 0 Å². The first-order chi connectivity index (χ1) is 17.1. The lowest BCUT2D eigenvalue weighted by Crippen LogP contribution is -2.25. The average molecular weight is 500 g/mol. The van der Waals surface area contributed by atoms with Crippen molar-refractivity contribution in [3.8, 4) is 5.75 Å². The minimum atomic E-state index is -4.74. The molecule has 0 spiro atoms. The second-order valence-electron chi connectivity index (χ2n) is 8.38. The monoisotopic (exact) mass is 499 g/mol. The Bertz CT molecular complexity index is 1150. The Morgan fingerprint density at radius 2 is 1.92 bits per heavy atom. The lowest BCUT2D eigenvalue weighted by atomic mass is 10.0. The van der Waals surface area contributed by atoms with E-state index in [0.29, 0.717) is 12.2 Å². The zero-order chi connectivity index (χ0) is 26.1. The Balaban J connectivity index is 1.61. The van der Waals surface area contributed by atoms with Gasteiger partial charge in [-0.2, -0.15) is 10.2 Å². The Morgan fingerprint density at radius 1 is 1.19 bits per heavy atom. The fraction of sp³-hybridized carbons (Fsp3) is 0.269. The van der Waals surface area contributed by atoms with E-state index in [2.05, 4.69) is 39.5 Å². The summed E-state index contributed by atoms with van der Waals surface area (Å²) in [4.78, 5) is 12.3. The van der Waals surface area contributed by atoms with Crippen molar-refractivity contribution in [1.29, 1.82) is 0 Å². The third kappa shape index (κ3) is 8.30. The number of carbonyl (C=O) groups is 1. The van der Waals surface area contributed by atoms with Gasteiger partial charge in [-0.25, -0.2) is 10.2 Å². The standard InChI is InChI=1S/C26H28F3N5O2/c1-18(2)23-8-4-5-9-24(23)32-25(35)33-30-17-20-7-6-14-34(31-16-19(3)15-20)21-10-12-22(13-11-21)36-26(27,28)29/h4-13,15-19H,14H2,1-3H3,(H2,32,33,35)/b7-6-,20-15?,30-17+,31-16-. The van der Waals surface area contributed by atoms with E-state index >= 15 is 0 Å². The molecule has 2 N–H and O–H groups in total. The number of carbonyl (C=O) groups excluding carboxylic acids is 1. The molecule has 1 unspecified atom stereocenters. The van der Waals surface area contributed by atoms with Crippen LogP contribution in [0.25, 0.3) is 0 Å². The van der Waals surface area contributed by atoms with Crippen molar-refractivity contribution in [2.24, 2.45) is 16.1 Å². The SMILES string of the molecule is CC1C=C(/C=N/NC(=O)Nc2ccccc2C(C)C)/C=C\CN(c2ccc(OC(F)(F)F)cc2)/N=C\1. The van der Waals surface area contributed by atoms with Crippen LogP contribution in [0.4, 0.5) is 29.3 Å².